The number of carbonyl (C=O) groups excluding carboxylic acids is 2. The first-order valence-corrected chi connectivity index (χ1v) is 9.43. The molecule has 2 atom stereocenters. The van der Waals surface area contributed by atoms with E-state index in [9.17, 15) is 9.59 Å². The monoisotopic (exact) mass is 376 g/mol. The van der Waals surface area contributed by atoms with Crippen LogP contribution in [0.2, 0.25) is 0 Å². The number of rotatable bonds is 2. The van der Waals surface area contributed by atoms with Gasteiger partial charge in [0, 0.05) is 4.88 Å². The minimum Gasteiger partial charge on any atom is -0.460 e. The molecule has 0 spiro atoms. The summed E-state index contributed by atoms with van der Waals surface area (Å²) < 4.78 is 11.1. The molecule has 26 heavy (non-hydrogen) atoms. The van der Waals surface area contributed by atoms with Crippen LogP contribution >= 0.6 is 11.3 Å². The molecule has 1 amide bonds. The fraction of sp³-hybridized carbons (Fsp3) is 0.526. The zero-order valence-electron chi connectivity index (χ0n) is 16.1. The van der Waals surface area contributed by atoms with Crippen LogP contribution in [0.3, 0.4) is 0 Å². The van der Waals surface area contributed by atoms with E-state index < -0.39 is 17.6 Å². The van der Waals surface area contributed by atoms with E-state index in [2.05, 4.69) is 10.5 Å². The Kier molecular flexibility index (Phi) is 4.46. The number of carbonyl (C=O) groups is 2. The lowest BCUT2D eigenvalue weighted by Gasteiger charge is -2.26. The van der Waals surface area contributed by atoms with Gasteiger partial charge in [-0.05, 0) is 54.0 Å². The van der Waals surface area contributed by atoms with Crippen LogP contribution in [0, 0.1) is 26.7 Å². The van der Waals surface area contributed by atoms with Crippen molar-refractivity contribution in [1.29, 1.82) is 0 Å². The third kappa shape index (κ3) is 3.05. The number of thiophene rings is 1. The van der Waals surface area contributed by atoms with Gasteiger partial charge in [0.25, 0.3) is 5.91 Å². The highest BCUT2D eigenvalue weighted by molar-refractivity contribution is 7.16. The first-order chi connectivity index (χ1) is 12.0. The van der Waals surface area contributed by atoms with E-state index in [1.807, 2.05) is 41.5 Å². The minimum absolute atomic E-state index is 0.201. The van der Waals surface area contributed by atoms with Gasteiger partial charge in [-0.1, -0.05) is 5.16 Å². The molecule has 2 aromatic heterocycles. The highest BCUT2D eigenvalue weighted by Crippen LogP contribution is 2.44. The predicted molar refractivity (Wildman–Crippen MR) is 99.2 cm³/mol. The summed E-state index contributed by atoms with van der Waals surface area (Å²) in [6.07, 6.45) is 0. The SMILES string of the molecule is Cc1noc2c1-c1sc(C)c(C)c1C(=O)N[C@H]2C(C)C(=O)OC(C)(C)C. The van der Waals surface area contributed by atoms with E-state index in [4.69, 9.17) is 9.26 Å². The standard InChI is InChI=1S/C19H24N2O4S/c1-8-11(4)26-16-12(8)17(22)20-14(15-13(16)10(3)21-25-15)9(2)18(23)24-19(5,6)7/h9,14H,1-7H3,(H,20,22)/t9?,14-/m0/s1. The number of nitrogens with zero attached hydrogens (tertiary/aromatic N) is 1. The molecule has 0 bridgehead atoms. The Bertz CT molecular complexity index is 888. The van der Waals surface area contributed by atoms with Gasteiger partial charge in [-0.15, -0.1) is 11.3 Å². The molecular formula is C19H24N2O4S. The van der Waals surface area contributed by atoms with Crippen LogP contribution in [0.5, 0.6) is 0 Å². The number of aromatic nitrogens is 1. The number of nitrogens with one attached hydrogen (secondary N) is 1. The van der Waals surface area contributed by atoms with Gasteiger partial charge >= 0.3 is 5.97 Å². The van der Waals surface area contributed by atoms with Crippen LogP contribution in [0.25, 0.3) is 10.4 Å². The molecule has 3 rings (SSSR count). The molecule has 2 aromatic rings. The molecule has 0 aliphatic carbocycles. The Morgan fingerprint density at radius 2 is 1.92 bits per heavy atom. The van der Waals surface area contributed by atoms with Crippen LogP contribution in [-0.2, 0) is 9.53 Å². The summed E-state index contributed by atoms with van der Waals surface area (Å²) in [5, 5.41) is 7.06. The average Bonchev–Trinajstić information content (AvgIpc) is 2.99. The zero-order chi connectivity index (χ0) is 19.4. The highest BCUT2D eigenvalue weighted by Gasteiger charge is 2.40. The number of ether oxygens (including phenoxy) is 1. The molecule has 0 fully saturated rings. The van der Waals surface area contributed by atoms with Gasteiger partial charge in [0.05, 0.1) is 27.6 Å². The van der Waals surface area contributed by atoms with E-state index in [0.717, 1.165) is 20.9 Å². The molecule has 140 valence electrons. The molecule has 0 saturated carbocycles. The van der Waals surface area contributed by atoms with Gasteiger partial charge < -0.3 is 14.6 Å². The van der Waals surface area contributed by atoms with Gasteiger partial charge in [-0.3, -0.25) is 9.59 Å². The van der Waals surface area contributed by atoms with Gasteiger partial charge in [0.15, 0.2) is 5.76 Å². The minimum atomic E-state index is -0.632. The molecule has 1 unspecified atom stereocenters. The summed E-state index contributed by atoms with van der Waals surface area (Å²) in [4.78, 5) is 27.4. The second-order valence-electron chi connectivity index (χ2n) is 7.77. The van der Waals surface area contributed by atoms with Gasteiger partial charge in [0.2, 0.25) is 0 Å². The molecule has 1 aliphatic rings. The van der Waals surface area contributed by atoms with Gasteiger partial charge in [0.1, 0.15) is 11.6 Å². The highest BCUT2D eigenvalue weighted by atomic mass is 32.1. The van der Waals surface area contributed by atoms with Crippen LogP contribution < -0.4 is 5.32 Å². The van der Waals surface area contributed by atoms with Crippen molar-refractivity contribution in [2.45, 2.75) is 60.1 Å². The summed E-state index contributed by atoms with van der Waals surface area (Å²) in [6, 6.07) is -0.632. The Hall–Kier alpha value is -2.15. The number of aryl methyl sites for hydroxylation is 2. The molecule has 6 nitrogen and oxygen atoms in total. The average molecular weight is 376 g/mol. The first kappa shape index (κ1) is 18.6. The zero-order valence-corrected chi connectivity index (χ0v) is 17.0. The fourth-order valence-corrected chi connectivity index (χ4v) is 4.37. The van der Waals surface area contributed by atoms with Crippen molar-refractivity contribution in [1.82, 2.24) is 10.5 Å². The van der Waals surface area contributed by atoms with Crippen molar-refractivity contribution < 1.29 is 18.8 Å². The summed E-state index contributed by atoms with van der Waals surface area (Å²) in [5.74, 6) is -0.692. The van der Waals surface area contributed by atoms with E-state index >= 15 is 0 Å². The normalized spacial score (nSPS) is 17.8. The van der Waals surface area contributed by atoms with Crippen molar-refractivity contribution in [2.75, 3.05) is 0 Å². The summed E-state index contributed by atoms with van der Waals surface area (Å²) >= 11 is 1.55. The van der Waals surface area contributed by atoms with Crippen molar-refractivity contribution >= 4 is 23.2 Å². The molecule has 0 saturated heterocycles. The molecule has 0 radical (unpaired) electrons. The van der Waals surface area contributed by atoms with E-state index in [1.54, 1.807) is 18.3 Å². The maximum absolute atomic E-state index is 12.9. The number of fused-ring (bicyclic) bond motifs is 3. The van der Waals surface area contributed by atoms with Gasteiger partial charge in [-0.2, -0.15) is 0 Å². The molecule has 1 aliphatic heterocycles. The molecule has 3 heterocycles. The fourth-order valence-electron chi connectivity index (χ4n) is 3.11. The molecule has 1 N–H and O–H groups in total. The van der Waals surface area contributed by atoms with Crippen molar-refractivity contribution in [3.63, 3.8) is 0 Å². The van der Waals surface area contributed by atoms with Crippen LogP contribution in [0.4, 0.5) is 0 Å². The predicted octanol–water partition coefficient (Wildman–Crippen LogP) is 4.09. The maximum atomic E-state index is 12.9. The lowest BCUT2D eigenvalue weighted by Crippen LogP contribution is -2.37. The Morgan fingerprint density at radius 1 is 1.27 bits per heavy atom. The van der Waals surface area contributed by atoms with Gasteiger partial charge in [-0.25, -0.2) is 0 Å². The van der Waals surface area contributed by atoms with Crippen LogP contribution in [0.1, 0.15) is 66.0 Å². The van der Waals surface area contributed by atoms with Crippen LogP contribution in [0.15, 0.2) is 4.52 Å². The largest absolute Gasteiger partial charge is 0.460 e. The molecule has 0 aromatic carbocycles. The quantitative estimate of drug-likeness (QED) is 0.798. The second-order valence-corrected chi connectivity index (χ2v) is 8.99. The van der Waals surface area contributed by atoms with E-state index in [-0.39, 0.29) is 11.9 Å². The summed E-state index contributed by atoms with van der Waals surface area (Å²) in [6.45, 7) is 13.0. The molecule has 7 heteroatoms. The van der Waals surface area contributed by atoms with E-state index in [1.165, 1.54) is 0 Å². The third-order valence-corrected chi connectivity index (χ3v) is 5.80. The van der Waals surface area contributed by atoms with E-state index in [0.29, 0.717) is 17.0 Å². The number of esters is 1. The number of hydrogen-bond donors (Lipinski definition) is 1. The molecular weight excluding hydrogens is 352 g/mol. The Labute approximate surface area is 156 Å². The third-order valence-electron chi connectivity index (χ3n) is 4.58. The number of hydrogen-bond acceptors (Lipinski definition) is 6. The Balaban J connectivity index is 2.09. The smallest absolute Gasteiger partial charge is 0.311 e. The lowest BCUT2D eigenvalue weighted by atomic mass is 9.96. The maximum Gasteiger partial charge on any atom is 0.311 e. The number of amides is 1. The first-order valence-electron chi connectivity index (χ1n) is 8.61. The van der Waals surface area contributed by atoms with Crippen LogP contribution in [-0.4, -0.2) is 22.6 Å². The topological polar surface area (TPSA) is 81.4 Å². The lowest BCUT2D eigenvalue weighted by molar-refractivity contribution is -0.160. The summed E-state index contributed by atoms with van der Waals surface area (Å²) in [5.41, 5.74) is 2.49. The van der Waals surface area contributed by atoms with Crippen molar-refractivity contribution in [2.24, 2.45) is 5.92 Å². The summed E-state index contributed by atoms with van der Waals surface area (Å²) in [7, 11) is 0. The Morgan fingerprint density at radius 3 is 2.54 bits per heavy atom. The van der Waals surface area contributed by atoms with Crippen molar-refractivity contribution in [3.8, 4) is 10.4 Å². The second kappa shape index (κ2) is 6.23. The van der Waals surface area contributed by atoms with Crippen molar-refractivity contribution in [3.05, 3.63) is 27.5 Å².